The third-order valence-electron chi connectivity index (χ3n) is 5.42. The molecule has 1 aliphatic rings. The molecule has 0 saturated carbocycles. The highest BCUT2D eigenvalue weighted by molar-refractivity contribution is 6.30. The minimum absolute atomic E-state index is 0.137. The first-order valence-electron chi connectivity index (χ1n) is 9.48. The fourth-order valence-corrected chi connectivity index (χ4v) is 3.91. The number of aromatic hydroxyl groups is 2. The summed E-state index contributed by atoms with van der Waals surface area (Å²) in [6.45, 7) is 0. The predicted octanol–water partition coefficient (Wildman–Crippen LogP) is 5.21. The Balaban J connectivity index is 1.65. The van der Waals surface area contributed by atoms with Gasteiger partial charge in [-0.05, 0) is 58.7 Å². The molecule has 0 atom stereocenters. The van der Waals surface area contributed by atoms with Crippen molar-refractivity contribution >= 4 is 11.6 Å². The summed E-state index contributed by atoms with van der Waals surface area (Å²) in [5, 5.41) is 19.1. The molecule has 4 aromatic carbocycles. The van der Waals surface area contributed by atoms with Gasteiger partial charge in [-0.1, -0.05) is 48.5 Å². The molecule has 4 aromatic rings. The smallest absolute Gasteiger partial charge is 0.195 e. The first-order valence-corrected chi connectivity index (χ1v) is 9.48. The van der Waals surface area contributed by atoms with Crippen molar-refractivity contribution in [2.75, 3.05) is 0 Å². The van der Waals surface area contributed by atoms with E-state index in [2.05, 4.69) is 0 Å². The van der Waals surface area contributed by atoms with Gasteiger partial charge in [0.15, 0.2) is 11.6 Å². The Kier molecular flexibility index (Phi) is 4.00. The second kappa shape index (κ2) is 6.71. The first-order chi connectivity index (χ1) is 14.5. The van der Waals surface area contributed by atoms with Crippen LogP contribution >= 0.6 is 0 Å². The molecular weight excluding hydrogens is 376 g/mol. The number of fused-ring (bicyclic) bond motifs is 2. The zero-order valence-corrected chi connectivity index (χ0v) is 15.8. The molecule has 144 valence electrons. The highest BCUT2D eigenvalue weighted by Crippen LogP contribution is 2.36. The molecule has 4 nitrogen and oxygen atoms in total. The zero-order chi connectivity index (χ0) is 20.8. The second-order valence-corrected chi connectivity index (χ2v) is 7.24. The van der Waals surface area contributed by atoms with E-state index < -0.39 is 0 Å². The number of rotatable bonds is 2. The average Bonchev–Trinajstić information content (AvgIpc) is 2.78. The molecule has 1 aliphatic carbocycles. The van der Waals surface area contributed by atoms with E-state index in [0.717, 1.165) is 16.7 Å². The third-order valence-corrected chi connectivity index (χ3v) is 5.42. The summed E-state index contributed by atoms with van der Waals surface area (Å²) in [4.78, 5) is 26.7. The van der Waals surface area contributed by atoms with E-state index in [9.17, 15) is 19.8 Å². The van der Waals surface area contributed by atoms with Crippen molar-refractivity contribution in [3.05, 3.63) is 107 Å². The second-order valence-electron chi connectivity index (χ2n) is 7.24. The summed E-state index contributed by atoms with van der Waals surface area (Å²) >= 11 is 0. The summed E-state index contributed by atoms with van der Waals surface area (Å²) in [5.74, 6) is -0.0851. The molecule has 4 heteroatoms. The van der Waals surface area contributed by atoms with Crippen molar-refractivity contribution in [1.29, 1.82) is 0 Å². The van der Waals surface area contributed by atoms with Crippen LogP contribution in [0.3, 0.4) is 0 Å². The van der Waals surface area contributed by atoms with Crippen LogP contribution in [0.15, 0.2) is 84.9 Å². The molecular formula is C26H16O4. The molecule has 0 heterocycles. The number of carbonyl (C=O) groups is 2. The van der Waals surface area contributed by atoms with Gasteiger partial charge in [-0.15, -0.1) is 0 Å². The number of ketones is 2. The van der Waals surface area contributed by atoms with Gasteiger partial charge in [-0.3, -0.25) is 9.59 Å². The van der Waals surface area contributed by atoms with Crippen molar-refractivity contribution in [1.82, 2.24) is 0 Å². The molecule has 0 bridgehead atoms. The van der Waals surface area contributed by atoms with Crippen LogP contribution in [-0.4, -0.2) is 21.8 Å². The van der Waals surface area contributed by atoms with E-state index in [1.807, 2.05) is 12.1 Å². The Morgan fingerprint density at radius 1 is 0.467 bits per heavy atom. The van der Waals surface area contributed by atoms with E-state index in [1.165, 1.54) is 0 Å². The monoisotopic (exact) mass is 392 g/mol. The van der Waals surface area contributed by atoms with Gasteiger partial charge in [-0.25, -0.2) is 0 Å². The van der Waals surface area contributed by atoms with E-state index in [0.29, 0.717) is 27.8 Å². The molecule has 0 saturated heterocycles. The molecule has 0 spiro atoms. The maximum absolute atomic E-state index is 13.4. The lowest BCUT2D eigenvalue weighted by Crippen LogP contribution is -2.21. The van der Waals surface area contributed by atoms with Crippen LogP contribution < -0.4 is 0 Å². The Hall–Kier alpha value is -4.18. The highest BCUT2D eigenvalue weighted by atomic mass is 16.3. The van der Waals surface area contributed by atoms with Crippen LogP contribution in [0.1, 0.15) is 31.8 Å². The summed E-state index contributed by atoms with van der Waals surface area (Å²) < 4.78 is 0. The number of phenols is 2. The lowest BCUT2D eigenvalue weighted by atomic mass is 9.79. The Morgan fingerprint density at radius 3 is 1.70 bits per heavy atom. The number of phenolic OH excluding ortho intramolecular Hbond substituents is 2. The third kappa shape index (κ3) is 2.78. The van der Waals surface area contributed by atoms with Gasteiger partial charge in [0.1, 0.15) is 11.5 Å². The first kappa shape index (κ1) is 17.9. The quantitative estimate of drug-likeness (QED) is 0.433. The van der Waals surface area contributed by atoms with Gasteiger partial charge in [-0.2, -0.15) is 0 Å². The van der Waals surface area contributed by atoms with E-state index in [4.69, 9.17) is 0 Å². The average molecular weight is 392 g/mol. The molecule has 0 aromatic heterocycles. The maximum atomic E-state index is 13.4. The summed E-state index contributed by atoms with van der Waals surface area (Å²) in [6.07, 6.45) is 0. The normalized spacial score (nSPS) is 12.4. The molecule has 5 rings (SSSR count). The van der Waals surface area contributed by atoms with Gasteiger partial charge in [0.25, 0.3) is 0 Å². The Morgan fingerprint density at radius 2 is 1.03 bits per heavy atom. The molecule has 2 N–H and O–H groups in total. The molecule has 30 heavy (non-hydrogen) atoms. The molecule has 0 radical (unpaired) electrons. The van der Waals surface area contributed by atoms with Crippen LogP contribution in [0.5, 0.6) is 11.5 Å². The van der Waals surface area contributed by atoms with Crippen LogP contribution in [0.4, 0.5) is 0 Å². The van der Waals surface area contributed by atoms with Crippen molar-refractivity contribution in [2.45, 2.75) is 0 Å². The van der Waals surface area contributed by atoms with Crippen molar-refractivity contribution < 1.29 is 19.8 Å². The molecule has 0 unspecified atom stereocenters. The predicted molar refractivity (Wildman–Crippen MR) is 114 cm³/mol. The van der Waals surface area contributed by atoms with E-state index in [1.54, 1.807) is 72.8 Å². The number of hydrogen-bond donors (Lipinski definition) is 2. The van der Waals surface area contributed by atoms with E-state index in [-0.39, 0.29) is 23.1 Å². The van der Waals surface area contributed by atoms with Crippen LogP contribution in [0, 0.1) is 0 Å². The lowest BCUT2D eigenvalue weighted by Gasteiger charge is -2.21. The Labute approximate surface area is 172 Å². The lowest BCUT2D eigenvalue weighted by molar-refractivity contribution is 0.0979. The topological polar surface area (TPSA) is 74.6 Å². The summed E-state index contributed by atoms with van der Waals surface area (Å²) in [5.41, 5.74) is 4.59. The number of benzene rings is 4. The minimum Gasteiger partial charge on any atom is -0.508 e. The fraction of sp³-hybridized carbons (Fsp3) is 0. The van der Waals surface area contributed by atoms with Gasteiger partial charge in [0, 0.05) is 22.3 Å². The van der Waals surface area contributed by atoms with Gasteiger partial charge < -0.3 is 10.2 Å². The van der Waals surface area contributed by atoms with Gasteiger partial charge in [0.05, 0.1) is 0 Å². The highest BCUT2D eigenvalue weighted by Gasteiger charge is 2.32. The Bertz CT molecular complexity index is 1310. The molecule has 0 amide bonds. The van der Waals surface area contributed by atoms with Crippen molar-refractivity contribution in [3.63, 3.8) is 0 Å². The number of hydrogen-bond acceptors (Lipinski definition) is 4. The van der Waals surface area contributed by atoms with Gasteiger partial charge >= 0.3 is 0 Å². The minimum atomic E-state index is -0.194. The molecule has 0 aliphatic heterocycles. The van der Waals surface area contributed by atoms with Crippen LogP contribution in [0.2, 0.25) is 0 Å². The van der Waals surface area contributed by atoms with Crippen molar-refractivity contribution in [3.8, 4) is 33.8 Å². The fourth-order valence-electron chi connectivity index (χ4n) is 3.91. The largest absolute Gasteiger partial charge is 0.508 e. The van der Waals surface area contributed by atoms with Gasteiger partial charge in [0.2, 0.25) is 0 Å². The molecule has 0 fully saturated rings. The van der Waals surface area contributed by atoms with Crippen molar-refractivity contribution in [2.24, 2.45) is 0 Å². The summed E-state index contributed by atoms with van der Waals surface area (Å²) in [7, 11) is 0. The standard InChI is InChI=1S/C26H16O4/c27-18-9-4-15(5-10-18)17-8-13-21-23(14-17)25(29)22-3-1-2-20(24(22)26(21)30)16-6-11-19(28)12-7-16/h1-14,27-28H. The van der Waals surface area contributed by atoms with Crippen LogP contribution in [-0.2, 0) is 0 Å². The van der Waals surface area contributed by atoms with E-state index >= 15 is 0 Å². The SMILES string of the molecule is O=C1c2cc(-c3ccc(O)cc3)ccc2C(=O)c2c1cccc2-c1ccc(O)cc1. The number of carbonyl (C=O) groups excluding carboxylic acids is 2. The summed E-state index contributed by atoms with van der Waals surface area (Å²) in [6, 6.07) is 23.8. The van der Waals surface area contributed by atoms with Crippen LogP contribution in [0.25, 0.3) is 22.3 Å². The maximum Gasteiger partial charge on any atom is 0.195 e. The zero-order valence-electron chi connectivity index (χ0n) is 15.8.